The molecule has 27 heavy (non-hydrogen) atoms. The second-order valence-corrected chi connectivity index (χ2v) is 7.65. The predicted molar refractivity (Wildman–Crippen MR) is 111 cm³/mol. The fourth-order valence-corrected chi connectivity index (χ4v) is 3.23. The van der Waals surface area contributed by atoms with Gasteiger partial charge in [-0.05, 0) is 55.2 Å². The van der Waals surface area contributed by atoms with E-state index in [-0.39, 0.29) is 5.91 Å². The molecule has 2 aromatic carbocycles. The Bertz CT molecular complexity index is 900. The fraction of sp³-hybridized carbons (Fsp3) is 0.364. The van der Waals surface area contributed by atoms with E-state index < -0.39 is 0 Å². The number of amides is 1. The smallest absolute Gasteiger partial charge is 0.251 e. The summed E-state index contributed by atoms with van der Waals surface area (Å²) in [6.45, 7) is 6.08. The molecule has 0 unspecified atom stereocenters. The van der Waals surface area contributed by atoms with E-state index in [1.54, 1.807) is 24.3 Å². The van der Waals surface area contributed by atoms with Crippen LogP contribution in [0.25, 0.3) is 11.0 Å². The third-order valence-electron chi connectivity index (χ3n) is 4.63. The van der Waals surface area contributed by atoms with Crippen LogP contribution >= 0.6 is 11.6 Å². The van der Waals surface area contributed by atoms with Crippen molar-refractivity contribution in [1.29, 1.82) is 0 Å². The lowest BCUT2D eigenvalue weighted by Gasteiger charge is -2.11. The topological polar surface area (TPSA) is 46.9 Å². The molecule has 0 atom stereocenters. The van der Waals surface area contributed by atoms with Gasteiger partial charge in [0.1, 0.15) is 5.82 Å². The highest BCUT2D eigenvalue weighted by molar-refractivity contribution is 6.30. The Kier molecular flexibility index (Phi) is 6.51. The van der Waals surface area contributed by atoms with Crippen molar-refractivity contribution in [3.63, 3.8) is 0 Å². The SMILES string of the molecule is CC(C)CCn1c(CCCNC(=O)c2ccc(Cl)cc2)nc2ccccc21. The summed E-state index contributed by atoms with van der Waals surface area (Å²) in [6, 6.07) is 15.2. The molecule has 0 radical (unpaired) electrons. The van der Waals surface area contributed by atoms with E-state index in [0.29, 0.717) is 23.0 Å². The number of nitrogens with zero attached hydrogens (tertiary/aromatic N) is 2. The summed E-state index contributed by atoms with van der Waals surface area (Å²) in [7, 11) is 0. The maximum atomic E-state index is 12.2. The molecule has 0 bridgehead atoms. The summed E-state index contributed by atoms with van der Waals surface area (Å²) in [5, 5.41) is 3.60. The van der Waals surface area contributed by atoms with Crippen molar-refractivity contribution >= 4 is 28.5 Å². The Balaban J connectivity index is 1.60. The average Bonchev–Trinajstić information content (AvgIpc) is 3.01. The third-order valence-corrected chi connectivity index (χ3v) is 4.88. The van der Waals surface area contributed by atoms with Crippen molar-refractivity contribution in [2.45, 2.75) is 39.7 Å². The number of hydrogen-bond donors (Lipinski definition) is 1. The largest absolute Gasteiger partial charge is 0.352 e. The maximum Gasteiger partial charge on any atom is 0.251 e. The first-order valence-electron chi connectivity index (χ1n) is 9.52. The number of imidazole rings is 1. The molecule has 1 N–H and O–H groups in total. The van der Waals surface area contributed by atoms with Crippen LogP contribution in [0.3, 0.4) is 0 Å². The van der Waals surface area contributed by atoms with Gasteiger partial charge < -0.3 is 9.88 Å². The minimum atomic E-state index is -0.0695. The summed E-state index contributed by atoms with van der Waals surface area (Å²) < 4.78 is 2.33. The molecule has 0 aliphatic rings. The monoisotopic (exact) mass is 383 g/mol. The van der Waals surface area contributed by atoms with Crippen LogP contribution in [0.1, 0.15) is 42.9 Å². The first-order valence-corrected chi connectivity index (χ1v) is 9.90. The fourth-order valence-electron chi connectivity index (χ4n) is 3.10. The predicted octanol–water partition coefficient (Wildman–Crippen LogP) is 5.10. The Hall–Kier alpha value is -2.33. The number of aryl methyl sites for hydroxylation is 2. The van der Waals surface area contributed by atoms with Crippen molar-refractivity contribution in [2.75, 3.05) is 6.54 Å². The minimum absolute atomic E-state index is 0.0695. The van der Waals surface area contributed by atoms with Gasteiger partial charge >= 0.3 is 0 Å². The van der Waals surface area contributed by atoms with Crippen LogP contribution in [0.2, 0.25) is 5.02 Å². The van der Waals surface area contributed by atoms with Crippen LogP contribution < -0.4 is 5.32 Å². The molecule has 142 valence electrons. The molecule has 0 fully saturated rings. The lowest BCUT2D eigenvalue weighted by molar-refractivity contribution is 0.0953. The van der Waals surface area contributed by atoms with Gasteiger partial charge in [-0.3, -0.25) is 4.79 Å². The minimum Gasteiger partial charge on any atom is -0.352 e. The van der Waals surface area contributed by atoms with E-state index in [1.165, 1.54) is 5.52 Å². The molecule has 0 saturated carbocycles. The van der Waals surface area contributed by atoms with Gasteiger partial charge in [-0.15, -0.1) is 0 Å². The Morgan fingerprint density at radius 2 is 1.89 bits per heavy atom. The van der Waals surface area contributed by atoms with Gasteiger partial charge in [-0.25, -0.2) is 4.98 Å². The molecule has 0 saturated heterocycles. The molecule has 1 heterocycles. The first kappa shape index (κ1) is 19.4. The van der Waals surface area contributed by atoms with Crippen molar-refractivity contribution in [1.82, 2.24) is 14.9 Å². The molecule has 0 aliphatic carbocycles. The quantitative estimate of drug-likeness (QED) is 0.550. The van der Waals surface area contributed by atoms with Gasteiger partial charge in [0, 0.05) is 30.1 Å². The number of benzene rings is 2. The number of para-hydroxylation sites is 2. The normalized spacial score (nSPS) is 11.3. The molecule has 5 heteroatoms. The molecule has 4 nitrogen and oxygen atoms in total. The van der Waals surface area contributed by atoms with Crippen LogP contribution in [0.5, 0.6) is 0 Å². The summed E-state index contributed by atoms with van der Waals surface area (Å²) in [5.74, 6) is 1.68. The Labute approximate surface area is 165 Å². The van der Waals surface area contributed by atoms with E-state index in [1.807, 2.05) is 6.07 Å². The van der Waals surface area contributed by atoms with Crippen molar-refractivity contribution in [3.05, 3.63) is 64.9 Å². The van der Waals surface area contributed by atoms with Gasteiger partial charge in [-0.1, -0.05) is 37.6 Å². The van der Waals surface area contributed by atoms with Crippen LogP contribution in [-0.4, -0.2) is 22.0 Å². The second kappa shape index (κ2) is 9.05. The number of hydrogen-bond acceptors (Lipinski definition) is 2. The molecule has 1 aromatic heterocycles. The molecule has 0 aliphatic heterocycles. The number of aromatic nitrogens is 2. The standard InChI is InChI=1S/C22H26ClN3O/c1-16(2)13-15-26-20-7-4-3-6-19(20)25-21(26)8-5-14-24-22(27)17-9-11-18(23)12-10-17/h3-4,6-7,9-12,16H,5,8,13-15H2,1-2H3,(H,24,27). The highest BCUT2D eigenvalue weighted by atomic mass is 35.5. The zero-order valence-corrected chi connectivity index (χ0v) is 16.7. The first-order chi connectivity index (χ1) is 13.0. The van der Waals surface area contributed by atoms with E-state index in [0.717, 1.165) is 37.1 Å². The Morgan fingerprint density at radius 3 is 2.63 bits per heavy atom. The van der Waals surface area contributed by atoms with Gasteiger partial charge in [0.15, 0.2) is 0 Å². The number of rotatable bonds is 8. The van der Waals surface area contributed by atoms with E-state index in [2.05, 4.69) is 41.9 Å². The lowest BCUT2D eigenvalue weighted by Crippen LogP contribution is -2.25. The van der Waals surface area contributed by atoms with Crippen molar-refractivity contribution in [2.24, 2.45) is 5.92 Å². The number of carbonyl (C=O) groups excluding carboxylic acids is 1. The molecular formula is C22H26ClN3O. The average molecular weight is 384 g/mol. The van der Waals surface area contributed by atoms with E-state index in [4.69, 9.17) is 16.6 Å². The number of fused-ring (bicyclic) bond motifs is 1. The Morgan fingerprint density at radius 1 is 1.15 bits per heavy atom. The van der Waals surface area contributed by atoms with Crippen LogP contribution in [-0.2, 0) is 13.0 Å². The van der Waals surface area contributed by atoms with E-state index >= 15 is 0 Å². The van der Waals surface area contributed by atoms with Crippen molar-refractivity contribution in [3.8, 4) is 0 Å². The van der Waals surface area contributed by atoms with Gasteiger partial charge in [0.2, 0.25) is 0 Å². The van der Waals surface area contributed by atoms with Gasteiger partial charge in [0.05, 0.1) is 11.0 Å². The number of nitrogens with one attached hydrogen (secondary N) is 1. The maximum absolute atomic E-state index is 12.2. The second-order valence-electron chi connectivity index (χ2n) is 7.22. The highest BCUT2D eigenvalue weighted by Crippen LogP contribution is 2.19. The summed E-state index contributed by atoms with van der Waals surface area (Å²) in [6.07, 6.45) is 2.82. The number of halogens is 1. The number of carbonyl (C=O) groups is 1. The summed E-state index contributed by atoms with van der Waals surface area (Å²) in [4.78, 5) is 17.0. The van der Waals surface area contributed by atoms with E-state index in [9.17, 15) is 4.79 Å². The zero-order valence-electron chi connectivity index (χ0n) is 15.9. The van der Waals surface area contributed by atoms with Crippen molar-refractivity contribution < 1.29 is 4.79 Å². The zero-order chi connectivity index (χ0) is 19.2. The van der Waals surface area contributed by atoms with Crippen LogP contribution in [0, 0.1) is 5.92 Å². The molecule has 0 spiro atoms. The van der Waals surface area contributed by atoms with Crippen LogP contribution in [0.15, 0.2) is 48.5 Å². The molecular weight excluding hydrogens is 358 g/mol. The summed E-state index contributed by atoms with van der Waals surface area (Å²) in [5.41, 5.74) is 2.86. The molecule has 3 rings (SSSR count). The highest BCUT2D eigenvalue weighted by Gasteiger charge is 2.11. The van der Waals surface area contributed by atoms with Crippen LogP contribution in [0.4, 0.5) is 0 Å². The third kappa shape index (κ3) is 5.10. The molecule has 3 aromatic rings. The molecule has 1 amide bonds. The van der Waals surface area contributed by atoms with Gasteiger partial charge in [0.25, 0.3) is 5.91 Å². The summed E-state index contributed by atoms with van der Waals surface area (Å²) >= 11 is 5.86. The van der Waals surface area contributed by atoms with Gasteiger partial charge in [-0.2, -0.15) is 0 Å². The lowest BCUT2D eigenvalue weighted by atomic mass is 10.1.